The smallest absolute Gasteiger partial charge is 0.0801 e. The molecule has 2 aromatic carbocycles. The topological polar surface area (TPSA) is 18.8 Å². The molecule has 2 aromatic rings. The first-order valence-corrected chi connectivity index (χ1v) is 10.8. The number of hydrazone groups is 1. The molecule has 0 aliphatic carbocycles. The molecule has 3 nitrogen and oxygen atoms in total. The fourth-order valence-electron chi connectivity index (χ4n) is 4.38. The van der Waals surface area contributed by atoms with Crippen molar-refractivity contribution < 1.29 is 0 Å². The lowest BCUT2D eigenvalue weighted by molar-refractivity contribution is 0.206. The third kappa shape index (κ3) is 4.76. The van der Waals surface area contributed by atoms with Gasteiger partial charge in [0.05, 0.1) is 11.8 Å². The highest BCUT2D eigenvalue weighted by atomic mass is 35.5. The molecule has 0 N–H and O–H groups in total. The van der Waals surface area contributed by atoms with Crippen LogP contribution in [0.2, 0.25) is 5.02 Å². The normalized spacial score (nSPS) is 20.5. The zero-order valence-electron chi connectivity index (χ0n) is 17.5. The number of nitrogens with zero attached hydrogens (tertiary/aromatic N) is 3. The summed E-state index contributed by atoms with van der Waals surface area (Å²) in [5.41, 5.74) is 3.71. The fourth-order valence-corrected chi connectivity index (χ4v) is 4.50. The summed E-state index contributed by atoms with van der Waals surface area (Å²) in [4.78, 5) is 2.51. The van der Waals surface area contributed by atoms with Crippen LogP contribution in [0.3, 0.4) is 0 Å². The quantitative estimate of drug-likeness (QED) is 0.567. The van der Waals surface area contributed by atoms with Gasteiger partial charge < -0.3 is 4.90 Å². The highest BCUT2D eigenvalue weighted by Gasteiger charge is 2.38. The number of rotatable bonds is 8. The van der Waals surface area contributed by atoms with Crippen LogP contribution in [0.4, 0.5) is 0 Å². The first-order valence-electron chi connectivity index (χ1n) is 10.4. The Hall–Kier alpha value is -1.84. The second-order valence-corrected chi connectivity index (χ2v) is 8.29. The molecule has 1 aliphatic heterocycles. The highest BCUT2D eigenvalue weighted by Crippen LogP contribution is 2.40. The van der Waals surface area contributed by atoms with Crippen molar-refractivity contribution in [2.75, 3.05) is 26.7 Å². The second-order valence-electron chi connectivity index (χ2n) is 7.85. The Labute approximate surface area is 175 Å². The van der Waals surface area contributed by atoms with Crippen LogP contribution in [0.15, 0.2) is 59.7 Å². The van der Waals surface area contributed by atoms with E-state index in [2.05, 4.69) is 80.2 Å². The van der Waals surface area contributed by atoms with Crippen LogP contribution in [0, 0.1) is 11.8 Å². The third-order valence-electron chi connectivity index (χ3n) is 5.80. The molecule has 0 fully saturated rings. The van der Waals surface area contributed by atoms with Crippen LogP contribution in [0.25, 0.3) is 0 Å². The van der Waals surface area contributed by atoms with E-state index in [0.717, 1.165) is 31.1 Å². The summed E-state index contributed by atoms with van der Waals surface area (Å²) in [5.74, 6) is 0.958. The maximum absolute atomic E-state index is 6.14. The molecule has 0 saturated heterocycles. The molecule has 0 bridgehead atoms. The highest BCUT2D eigenvalue weighted by molar-refractivity contribution is 6.30. The van der Waals surface area contributed by atoms with E-state index < -0.39 is 0 Å². The van der Waals surface area contributed by atoms with Gasteiger partial charge in [-0.05, 0) is 48.7 Å². The van der Waals surface area contributed by atoms with E-state index >= 15 is 0 Å². The maximum atomic E-state index is 6.14. The van der Waals surface area contributed by atoms with Crippen molar-refractivity contribution in [2.24, 2.45) is 16.9 Å². The number of hydrogen-bond donors (Lipinski definition) is 0. The van der Waals surface area contributed by atoms with Crippen LogP contribution >= 0.6 is 11.6 Å². The molecule has 3 atom stereocenters. The summed E-state index contributed by atoms with van der Waals surface area (Å²) >= 11 is 6.14. The Balaban J connectivity index is 1.89. The average Bonchev–Trinajstić information content (AvgIpc) is 3.03. The van der Waals surface area contributed by atoms with Gasteiger partial charge in [0.2, 0.25) is 0 Å². The van der Waals surface area contributed by atoms with Crippen molar-refractivity contribution in [2.45, 2.75) is 33.2 Å². The lowest BCUT2D eigenvalue weighted by Crippen LogP contribution is -2.31. The van der Waals surface area contributed by atoms with Crippen molar-refractivity contribution in [1.29, 1.82) is 0 Å². The summed E-state index contributed by atoms with van der Waals surface area (Å²) in [6.45, 7) is 10.2. The van der Waals surface area contributed by atoms with E-state index in [1.54, 1.807) is 0 Å². The van der Waals surface area contributed by atoms with Crippen LogP contribution in [0.1, 0.15) is 44.4 Å². The molecule has 1 heterocycles. The van der Waals surface area contributed by atoms with Gasteiger partial charge in [-0.25, -0.2) is 0 Å². The van der Waals surface area contributed by atoms with E-state index in [9.17, 15) is 0 Å². The Bertz CT molecular complexity index is 768. The molecule has 0 amide bonds. The molecular formula is C24H32ClN3. The SMILES string of the molecule is CCN(CC)CC(C)C[C@H]1C(c2ccccc2)=NN(C)[C@H]1c1ccc(Cl)cc1. The molecule has 4 heteroatoms. The Kier molecular flexibility index (Phi) is 7.14. The molecule has 0 aromatic heterocycles. The minimum Gasteiger partial charge on any atom is -0.304 e. The predicted molar refractivity (Wildman–Crippen MR) is 120 cm³/mol. The van der Waals surface area contributed by atoms with Gasteiger partial charge in [-0.3, -0.25) is 5.01 Å². The molecule has 1 aliphatic rings. The van der Waals surface area contributed by atoms with E-state index in [-0.39, 0.29) is 6.04 Å². The summed E-state index contributed by atoms with van der Waals surface area (Å²) in [7, 11) is 2.09. The van der Waals surface area contributed by atoms with Gasteiger partial charge in [0, 0.05) is 24.5 Å². The third-order valence-corrected chi connectivity index (χ3v) is 6.05. The molecule has 1 unspecified atom stereocenters. The van der Waals surface area contributed by atoms with Gasteiger partial charge in [0.25, 0.3) is 0 Å². The van der Waals surface area contributed by atoms with Crippen LogP contribution in [-0.2, 0) is 0 Å². The molecule has 3 rings (SSSR count). The van der Waals surface area contributed by atoms with Gasteiger partial charge in [0.15, 0.2) is 0 Å². The number of halogens is 1. The summed E-state index contributed by atoms with van der Waals surface area (Å²) in [6, 6.07) is 19.1. The monoisotopic (exact) mass is 397 g/mol. The van der Waals surface area contributed by atoms with Crippen molar-refractivity contribution in [3.8, 4) is 0 Å². The Morgan fingerprint density at radius 2 is 1.68 bits per heavy atom. The molecule has 0 radical (unpaired) electrons. The van der Waals surface area contributed by atoms with Gasteiger partial charge in [-0.15, -0.1) is 0 Å². The first kappa shape index (κ1) is 20.9. The van der Waals surface area contributed by atoms with Crippen LogP contribution in [-0.4, -0.2) is 42.3 Å². The second kappa shape index (κ2) is 9.58. The van der Waals surface area contributed by atoms with E-state index in [1.165, 1.54) is 16.8 Å². The lowest BCUT2D eigenvalue weighted by Gasteiger charge is -2.30. The predicted octanol–water partition coefficient (Wildman–Crippen LogP) is 5.72. The number of benzene rings is 2. The maximum Gasteiger partial charge on any atom is 0.0801 e. The Morgan fingerprint density at radius 1 is 1.04 bits per heavy atom. The standard InChI is InChI=1S/C24H32ClN3/c1-5-28(6-2)17-18(3)16-22-23(19-10-8-7-9-11-19)26-27(4)24(22)20-12-14-21(25)15-13-20/h7-15,18,22,24H,5-6,16-17H2,1-4H3/t18?,22-,24-/m0/s1. The summed E-state index contributed by atoms with van der Waals surface area (Å²) in [6.07, 6.45) is 1.11. The molecule has 150 valence electrons. The molecular weight excluding hydrogens is 366 g/mol. The van der Waals surface area contributed by atoms with Gasteiger partial charge >= 0.3 is 0 Å². The van der Waals surface area contributed by atoms with Crippen LogP contribution < -0.4 is 0 Å². The van der Waals surface area contributed by atoms with Crippen molar-refractivity contribution in [3.63, 3.8) is 0 Å². The van der Waals surface area contributed by atoms with E-state index in [1.807, 2.05) is 12.1 Å². The zero-order chi connectivity index (χ0) is 20.1. The largest absolute Gasteiger partial charge is 0.304 e. The fraction of sp³-hybridized carbons (Fsp3) is 0.458. The number of hydrogen-bond acceptors (Lipinski definition) is 3. The van der Waals surface area contributed by atoms with Gasteiger partial charge in [0.1, 0.15) is 0 Å². The molecule has 28 heavy (non-hydrogen) atoms. The van der Waals surface area contributed by atoms with Gasteiger partial charge in [-0.1, -0.05) is 74.8 Å². The summed E-state index contributed by atoms with van der Waals surface area (Å²) in [5, 5.41) is 7.91. The van der Waals surface area contributed by atoms with E-state index in [4.69, 9.17) is 16.7 Å². The van der Waals surface area contributed by atoms with Crippen molar-refractivity contribution in [3.05, 3.63) is 70.7 Å². The van der Waals surface area contributed by atoms with Gasteiger partial charge in [-0.2, -0.15) is 5.10 Å². The first-order chi connectivity index (χ1) is 13.5. The van der Waals surface area contributed by atoms with E-state index in [0.29, 0.717) is 11.8 Å². The van der Waals surface area contributed by atoms with Crippen LogP contribution in [0.5, 0.6) is 0 Å². The molecule has 0 spiro atoms. The summed E-state index contributed by atoms with van der Waals surface area (Å²) < 4.78 is 0. The zero-order valence-corrected chi connectivity index (χ0v) is 18.2. The molecule has 0 saturated carbocycles. The van der Waals surface area contributed by atoms with Crippen molar-refractivity contribution >= 4 is 17.3 Å². The minimum atomic E-state index is 0.242. The average molecular weight is 398 g/mol. The lowest BCUT2D eigenvalue weighted by atomic mass is 9.81. The minimum absolute atomic E-state index is 0.242. The van der Waals surface area contributed by atoms with Crippen molar-refractivity contribution in [1.82, 2.24) is 9.91 Å². The Morgan fingerprint density at radius 3 is 2.29 bits per heavy atom.